The highest BCUT2D eigenvalue weighted by Crippen LogP contribution is 2.17. The van der Waals surface area contributed by atoms with Gasteiger partial charge in [0.05, 0.1) is 0 Å². The van der Waals surface area contributed by atoms with Gasteiger partial charge in [0, 0.05) is 5.56 Å². The quantitative estimate of drug-likeness (QED) is 0.446. The minimum Gasteiger partial charge on any atom is -0.443 e. The molecule has 0 bridgehead atoms. The molecule has 3 aromatic carbocycles. The zero-order chi connectivity index (χ0) is 17.3. The van der Waals surface area contributed by atoms with Crippen LogP contribution in [0.5, 0.6) is 0 Å². The summed E-state index contributed by atoms with van der Waals surface area (Å²) in [5, 5.41) is 2.23. The van der Waals surface area contributed by atoms with E-state index in [4.69, 9.17) is 9.57 Å². The van der Waals surface area contributed by atoms with Gasteiger partial charge < -0.3 is 4.74 Å². The van der Waals surface area contributed by atoms with Crippen LogP contribution in [0.15, 0.2) is 72.8 Å². The summed E-state index contributed by atoms with van der Waals surface area (Å²) in [6.45, 7) is 0.265. The van der Waals surface area contributed by atoms with Crippen molar-refractivity contribution in [2.75, 3.05) is 6.61 Å². The molecular weight excluding hydrogens is 314 g/mol. The van der Waals surface area contributed by atoms with Gasteiger partial charge in [0.25, 0.3) is 0 Å². The van der Waals surface area contributed by atoms with Crippen molar-refractivity contribution in [1.82, 2.24) is 5.48 Å². The van der Waals surface area contributed by atoms with Crippen molar-refractivity contribution in [2.24, 2.45) is 0 Å². The largest absolute Gasteiger partial charge is 0.443 e. The first-order valence-electron chi connectivity index (χ1n) is 7.88. The Hall–Kier alpha value is -3.29. The van der Waals surface area contributed by atoms with E-state index in [0.717, 1.165) is 21.9 Å². The number of hydrogen-bond acceptors (Lipinski definition) is 3. The standard InChI is InChI=1S/C21H17NO3/c23-21(24-16-17-8-2-1-3-9-17)22-25-15-7-13-19-12-6-11-18-10-4-5-14-20(18)19/h1-6,8-12,14H,15-16H2,(H,22,23). The molecule has 0 aromatic heterocycles. The molecule has 0 unspecified atom stereocenters. The maximum atomic E-state index is 11.5. The predicted octanol–water partition coefficient (Wildman–Crippen LogP) is 4.05. The lowest BCUT2D eigenvalue weighted by atomic mass is 10.1. The molecule has 0 saturated heterocycles. The number of carbonyl (C=O) groups excluding carboxylic acids is 1. The summed E-state index contributed by atoms with van der Waals surface area (Å²) in [6, 6.07) is 23.4. The molecule has 0 aliphatic rings. The zero-order valence-corrected chi connectivity index (χ0v) is 13.6. The molecule has 0 heterocycles. The van der Waals surface area contributed by atoms with Gasteiger partial charge in [-0.3, -0.25) is 4.84 Å². The second-order valence-corrected chi connectivity index (χ2v) is 5.28. The van der Waals surface area contributed by atoms with E-state index in [1.165, 1.54) is 0 Å². The van der Waals surface area contributed by atoms with Gasteiger partial charge in [0.2, 0.25) is 0 Å². The van der Waals surface area contributed by atoms with Crippen LogP contribution in [0.25, 0.3) is 10.8 Å². The lowest BCUT2D eigenvalue weighted by Crippen LogP contribution is -2.24. The predicted molar refractivity (Wildman–Crippen MR) is 96.5 cm³/mol. The van der Waals surface area contributed by atoms with Crippen molar-refractivity contribution in [1.29, 1.82) is 0 Å². The highest BCUT2D eigenvalue weighted by Gasteiger charge is 2.01. The van der Waals surface area contributed by atoms with E-state index in [-0.39, 0.29) is 13.2 Å². The van der Waals surface area contributed by atoms with Crippen molar-refractivity contribution in [3.05, 3.63) is 83.9 Å². The SMILES string of the molecule is O=C(NOCC#Cc1cccc2ccccc12)OCc1ccccc1. The van der Waals surface area contributed by atoms with Gasteiger partial charge in [-0.25, -0.2) is 4.79 Å². The molecule has 3 aromatic rings. The molecule has 0 fully saturated rings. The molecule has 0 atom stereocenters. The van der Waals surface area contributed by atoms with Crippen LogP contribution < -0.4 is 5.48 Å². The number of ether oxygens (including phenoxy) is 1. The first kappa shape index (κ1) is 16.6. The minimum atomic E-state index is -0.643. The number of hydroxylamine groups is 1. The molecule has 25 heavy (non-hydrogen) atoms. The lowest BCUT2D eigenvalue weighted by molar-refractivity contribution is 0.0410. The molecule has 124 valence electrons. The van der Waals surface area contributed by atoms with Gasteiger partial charge in [-0.05, 0) is 22.4 Å². The topological polar surface area (TPSA) is 47.6 Å². The summed E-state index contributed by atoms with van der Waals surface area (Å²) in [6.07, 6.45) is -0.643. The van der Waals surface area contributed by atoms with Crippen LogP contribution in [0.3, 0.4) is 0 Å². The Morgan fingerprint density at radius 3 is 2.56 bits per heavy atom. The minimum absolute atomic E-state index is 0.0731. The van der Waals surface area contributed by atoms with E-state index in [1.807, 2.05) is 72.8 Å². The number of hydrogen-bond donors (Lipinski definition) is 1. The Morgan fingerprint density at radius 2 is 1.68 bits per heavy atom. The third kappa shape index (κ3) is 4.84. The molecular formula is C21H17NO3. The first-order valence-corrected chi connectivity index (χ1v) is 7.88. The van der Waals surface area contributed by atoms with Crippen LogP contribution in [0, 0.1) is 11.8 Å². The number of carbonyl (C=O) groups is 1. The Balaban J connectivity index is 1.45. The van der Waals surface area contributed by atoms with Crippen LogP contribution in [-0.2, 0) is 16.2 Å². The van der Waals surface area contributed by atoms with Crippen LogP contribution in [-0.4, -0.2) is 12.7 Å². The number of rotatable bonds is 4. The molecule has 4 heteroatoms. The van der Waals surface area contributed by atoms with Crippen molar-refractivity contribution in [3.63, 3.8) is 0 Å². The van der Waals surface area contributed by atoms with Gasteiger partial charge in [0.1, 0.15) is 13.2 Å². The maximum Gasteiger partial charge on any atom is 0.431 e. The number of benzene rings is 3. The molecule has 0 aliphatic carbocycles. The third-order valence-electron chi connectivity index (χ3n) is 3.53. The fraction of sp³-hybridized carbons (Fsp3) is 0.0952. The normalized spacial score (nSPS) is 9.92. The number of amides is 1. The lowest BCUT2D eigenvalue weighted by Gasteiger charge is -2.05. The first-order chi connectivity index (χ1) is 12.3. The van der Waals surface area contributed by atoms with E-state index in [2.05, 4.69) is 17.3 Å². The van der Waals surface area contributed by atoms with Gasteiger partial charge in [-0.15, -0.1) is 0 Å². The summed E-state index contributed by atoms with van der Waals surface area (Å²) >= 11 is 0. The highest BCUT2D eigenvalue weighted by molar-refractivity contribution is 5.88. The molecule has 0 aliphatic heterocycles. The van der Waals surface area contributed by atoms with Crippen molar-refractivity contribution in [2.45, 2.75) is 6.61 Å². The van der Waals surface area contributed by atoms with E-state index >= 15 is 0 Å². The summed E-state index contributed by atoms with van der Waals surface area (Å²) in [5.41, 5.74) is 4.05. The van der Waals surface area contributed by atoms with E-state index in [9.17, 15) is 4.79 Å². The van der Waals surface area contributed by atoms with E-state index < -0.39 is 6.09 Å². The summed E-state index contributed by atoms with van der Waals surface area (Å²) in [5.74, 6) is 5.93. The monoisotopic (exact) mass is 331 g/mol. The van der Waals surface area contributed by atoms with Crippen molar-refractivity contribution in [3.8, 4) is 11.8 Å². The van der Waals surface area contributed by atoms with Gasteiger partial charge in [0.15, 0.2) is 0 Å². The second-order valence-electron chi connectivity index (χ2n) is 5.28. The van der Waals surface area contributed by atoms with Crippen LogP contribution >= 0.6 is 0 Å². The van der Waals surface area contributed by atoms with E-state index in [0.29, 0.717) is 0 Å². The molecule has 0 radical (unpaired) electrons. The highest BCUT2D eigenvalue weighted by atomic mass is 16.7. The zero-order valence-electron chi connectivity index (χ0n) is 13.6. The summed E-state index contributed by atoms with van der Waals surface area (Å²) in [7, 11) is 0. The number of nitrogens with one attached hydrogen (secondary N) is 1. The van der Waals surface area contributed by atoms with Crippen molar-refractivity contribution < 1.29 is 14.4 Å². The molecule has 1 N–H and O–H groups in total. The fourth-order valence-corrected chi connectivity index (χ4v) is 2.35. The molecule has 3 rings (SSSR count). The average molecular weight is 331 g/mol. The Labute approximate surface area is 146 Å². The Bertz CT molecular complexity index is 905. The summed E-state index contributed by atoms with van der Waals surface area (Å²) in [4.78, 5) is 16.5. The van der Waals surface area contributed by atoms with Gasteiger partial charge in [-0.1, -0.05) is 78.6 Å². The smallest absolute Gasteiger partial charge is 0.431 e. The van der Waals surface area contributed by atoms with Crippen molar-refractivity contribution >= 4 is 16.9 Å². The molecule has 0 spiro atoms. The van der Waals surface area contributed by atoms with Crippen LogP contribution in [0.4, 0.5) is 4.79 Å². The fourth-order valence-electron chi connectivity index (χ4n) is 2.35. The third-order valence-corrected chi connectivity index (χ3v) is 3.53. The molecule has 4 nitrogen and oxygen atoms in total. The second kappa shape index (κ2) is 8.53. The van der Waals surface area contributed by atoms with Gasteiger partial charge in [-0.2, -0.15) is 5.48 Å². The van der Waals surface area contributed by atoms with E-state index in [1.54, 1.807) is 0 Å². The van der Waals surface area contributed by atoms with Crippen LogP contribution in [0.1, 0.15) is 11.1 Å². The Kier molecular flexibility index (Phi) is 5.65. The number of fused-ring (bicyclic) bond motifs is 1. The summed E-state index contributed by atoms with van der Waals surface area (Å²) < 4.78 is 5.03. The molecule has 1 amide bonds. The Morgan fingerprint density at radius 1 is 0.920 bits per heavy atom. The van der Waals surface area contributed by atoms with Gasteiger partial charge >= 0.3 is 6.09 Å². The van der Waals surface area contributed by atoms with Crippen LogP contribution in [0.2, 0.25) is 0 Å². The molecule has 0 saturated carbocycles. The average Bonchev–Trinajstić information content (AvgIpc) is 2.67. The maximum absolute atomic E-state index is 11.5.